The van der Waals surface area contributed by atoms with Gasteiger partial charge >= 0.3 is 11.9 Å². The zero-order valence-electron chi connectivity index (χ0n) is 10.2. The maximum Gasteiger partial charge on any atom is 0.309 e. The van der Waals surface area contributed by atoms with Crippen LogP contribution in [-0.4, -0.2) is 24.2 Å². The van der Waals surface area contributed by atoms with E-state index in [9.17, 15) is 9.59 Å². The van der Waals surface area contributed by atoms with Gasteiger partial charge in [0, 0.05) is 4.47 Å². The van der Waals surface area contributed by atoms with Crippen molar-refractivity contribution in [1.29, 1.82) is 0 Å². The fourth-order valence-electron chi connectivity index (χ4n) is 1.80. The van der Waals surface area contributed by atoms with Crippen molar-refractivity contribution in [3.05, 3.63) is 34.3 Å². The Kier molecular flexibility index (Phi) is 5.34. The molecule has 98 valence electrons. The highest BCUT2D eigenvalue weighted by atomic mass is 79.9. The Labute approximate surface area is 114 Å². The van der Waals surface area contributed by atoms with Gasteiger partial charge in [0.2, 0.25) is 0 Å². The molecule has 18 heavy (non-hydrogen) atoms. The predicted molar refractivity (Wildman–Crippen MR) is 70.3 cm³/mol. The van der Waals surface area contributed by atoms with Gasteiger partial charge in [-0.2, -0.15) is 0 Å². The fraction of sp³-hybridized carbons (Fsp3) is 0.385. The molecule has 0 amide bonds. The molecule has 2 unspecified atom stereocenters. The number of halogens is 1. The number of hydrogen-bond acceptors (Lipinski definition) is 3. The maximum atomic E-state index is 11.6. The summed E-state index contributed by atoms with van der Waals surface area (Å²) in [5, 5.41) is 8.85. The molecule has 0 saturated heterocycles. The van der Waals surface area contributed by atoms with Crippen LogP contribution in [0.15, 0.2) is 28.7 Å². The first kappa shape index (κ1) is 14.7. The van der Waals surface area contributed by atoms with Crippen LogP contribution in [0.4, 0.5) is 0 Å². The highest BCUT2D eigenvalue weighted by Crippen LogP contribution is 2.28. The van der Waals surface area contributed by atoms with Gasteiger partial charge in [-0.25, -0.2) is 0 Å². The van der Waals surface area contributed by atoms with Gasteiger partial charge in [-0.05, 0) is 23.6 Å². The minimum absolute atomic E-state index is 0.207. The molecule has 1 N–H and O–H groups in total. The minimum Gasteiger partial charge on any atom is -0.481 e. The number of aliphatic carboxylic acids is 1. The lowest BCUT2D eigenvalue weighted by Gasteiger charge is -2.20. The number of rotatable bonds is 5. The summed E-state index contributed by atoms with van der Waals surface area (Å²) < 4.78 is 5.60. The Morgan fingerprint density at radius 3 is 2.33 bits per heavy atom. The van der Waals surface area contributed by atoms with Crippen molar-refractivity contribution in [2.75, 3.05) is 7.11 Å². The van der Waals surface area contributed by atoms with Gasteiger partial charge in [0.15, 0.2) is 0 Å². The number of carbonyl (C=O) groups excluding carboxylic acids is 1. The standard InChI is InChI=1S/C13H15BrO4/c1-8(9-3-5-10(14)6-4-9)11(7-12(15)16)13(17)18-2/h3-6,8,11H,7H2,1-2H3,(H,15,16). The molecule has 0 aliphatic heterocycles. The monoisotopic (exact) mass is 314 g/mol. The van der Waals surface area contributed by atoms with Crippen molar-refractivity contribution in [1.82, 2.24) is 0 Å². The zero-order valence-corrected chi connectivity index (χ0v) is 11.8. The molecule has 4 nitrogen and oxygen atoms in total. The lowest BCUT2D eigenvalue weighted by Crippen LogP contribution is -2.25. The number of carboxylic acid groups (broad SMARTS) is 1. The minimum atomic E-state index is -1.01. The first-order chi connectivity index (χ1) is 8.45. The van der Waals surface area contributed by atoms with Crippen LogP contribution >= 0.6 is 15.9 Å². The van der Waals surface area contributed by atoms with E-state index in [1.165, 1.54) is 7.11 Å². The third-order valence-corrected chi connectivity index (χ3v) is 3.43. The molecule has 1 aromatic carbocycles. The van der Waals surface area contributed by atoms with Gasteiger partial charge in [-0.3, -0.25) is 9.59 Å². The second kappa shape index (κ2) is 6.54. The third-order valence-electron chi connectivity index (χ3n) is 2.90. The molecule has 2 atom stereocenters. The maximum absolute atomic E-state index is 11.6. The van der Waals surface area contributed by atoms with Crippen LogP contribution in [0.5, 0.6) is 0 Å². The van der Waals surface area contributed by atoms with E-state index in [1.807, 2.05) is 31.2 Å². The molecular formula is C13H15BrO4. The summed E-state index contributed by atoms with van der Waals surface area (Å²) in [6, 6.07) is 7.46. The highest BCUT2D eigenvalue weighted by molar-refractivity contribution is 9.10. The van der Waals surface area contributed by atoms with Gasteiger partial charge in [-0.1, -0.05) is 35.0 Å². The Bertz CT molecular complexity index is 427. The van der Waals surface area contributed by atoms with Crippen LogP contribution in [0.25, 0.3) is 0 Å². The van der Waals surface area contributed by atoms with Gasteiger partial charge in [-0.15, -0.1) is 0 Å². The first-order valence-electron chi connectivity index (χ1n) is 5.50. The molecule has 1 aromatic rings. The normalized spacial score (nSPS) is 13.7. The van der Waals surface area contributed by atoms with E-state index in [0.717, 1.165) is 10.0 Å². The van der Waals surface area contributed by atoms with Gasteiger partial charge < -0.3 is 9.84 Å². The second-order valence-corrected chi connectivity index (χ2v) is 4.98. The Hall–Kier alpha value is -1.36. The largest absolute Gasteiger partial charge is 0.481 e. The lowest BCUT2D eigenvalue weighted by molar-refractivity contribution is -0.151. The summed E-state index contributed by atoms with van der Waals surface area (Å²) in [4.78, 5) is 22.4. The number of carboxylic acids is 1. The number of methoxy groups -OCH3 is 1. The van der Waals surface area contributed by atoms with Crippen molar-refractivity contribution in [3.63, 3.8) is 0 Å². The molecule has 1 rings (SSSR count). The molecule has 0 saturated carbocycles. The molecule has 0 aromatic heterocycles. The molecule has 0 spiro atoms. The average Bonchev–Trinajstić information content (AvgIpc) is 2.35. The molecule has 0 radical (unpaired) electrons. The van der Waals surface area contributed by atoms with E-state index in [4.69, 9.17) is 5.11 Å². The van der Waals surface area contributed by atoms with E-state index >= 15 is 0 Å². The van der Waals surface area contributed by atoms with Gasteiger partial charge in [0.1, 0.15) is 0 Å². The number of esters is 1. The number of ether oxygens (including phenoxy) is 1. The third kappa shape index (κ3) is 3.84. The summed E-state index contributed by atoms with van der Waals surface area (Å²) in [6.07, 6.45) is -0.232. The van der Waals surface area contributed by atoms with Crippen LogP contribution in [0, 0.1) is 5.92 Å². The molecule has 0 bridgehead atoms. The van der Waals surface area contributed by atoms with E-state index in [1.54, 1.807) is 0 Å². The smallest absolute Gasteiger partial charge is 0.309 e. The van der Waals surface area contributed by atoms with Crippen LogP contribution in [0.1, 0.15) is 24.8 Å². The van der Waals surface area contributed by atoms with Crippen molar-refractivity contribution < 1.29 is 19.4 Å². The van der Waals surface area contributed by atoms with Crippen molar-refractivity contribution in [3.8, 4) is 0 Å². The number of carbonyl (C=O) groups is 2. The summed E-state index contributed by atoms with van der Waals surface area (Å²) in [7, 11) is 1.27. The van der Waals surface area contributed by atoms with E-state index < -0.39 is 17.9 Å². The number of benzene rings is 1. The Balaban J connectivity index is 2.94. The second-order valence-electron chi connectivity index (χ2n) is 4.07. The Morgan fingerprint density at radius 1 is 1.33 bits per heavy atom. The summed E-state index contributed by atoms with van der Waals surface area (Å²) in [5.41, 5.74) is 0.912. The van der Waals surface area contributed by atoms with E-state index in [0.29, 0.717) is 0 Å². The first-order valence-corrected chi connectivity index (χ1v) is 6.30. The predicted octanol–water partition coefficient (Wildman–Crippen LogP) is 2.82. The molecule has 0 fully saturated rings. The van der Waals surface area contributed by atoms with Crippen molar-refractivity contribution >= 4 is 27.9 Å². The summed E-state index contributed by atoms with van der Waals surface area (Å²) in [5.74, 6) is -2.38. The van der Waals surface area contributed by atoms with E-state index in [2.05, 4.69) is 20.7 Å². The molecule has 0 heterocycles. The molecular weight excluding hydrogens is 300 g/mol. The van der Waals surface area contributed by atoms with Crippen LogP contribution < -0.4 is 0 Å². The van der Waals surface area contributed by atoms with Crippen molar-refractivity contribution in [2.24, 2.45) is 5.92 Å². The zero-order chi connectivity index (χ0) is 13.7. The van der Waals surface area contributed by atoms with Crippen LogP contribution in [0.3, 0.4) is 0 Å². The molecule has 0 aliphatic carbocycles. The summed E-state index contributed by atoms with van der Waals surface area (Å²) >= 11 is 3.33. The van der Waals surface area contributed by atoms with Gasteiger partial charge in [0.05, 0.1) is 19.4 Å². The van der Waals surface area contributed by atoms with Crippen LogP contribution in [-0.2, 0) is 14.3 Å². The average molecular weight is 315 g/mol. The lowest BCUT2D eigenvalue weighted by atomic mass is 9.85. The number of hydrogen-bond donors (Lipinski definition) is 1. The van der Waals surface area contributed by atoms with E-state index in [-0.39, 0.29) is 12.3 Å². The highest BCUT2D eigenvalue weighted by Gasteiger charge is 2.29. The topological polar surface area (TPSA) is 63.6 Å². The molecule has 0 aliphatic rings. The quantitative estimate of drug-likeness (QED) is 0.849. The fourth-order valence-corrected chi connectivity index (χ4v) is 2.07. The molecule has 5 heteroatoms. The van der Waals surface area contributed by atoms with Gasteiger partial charge in [0.25, 0.3) is 0 Å². The SMILES string of the molecule is COC(=O)C(CC(=O)O)C(C)c1ccc(Br)cc1. The van der Waals surface area contributed by atoms with Crippen molar-refractivity contribution in [2.45, 2.75) is 19.3 Å². The summed E-state index contributed by atoms with van der Waals surface area (Å²) in [6.45, 7) is 1.83. The van der Waals surface area contributed by atoms with Crippen LogP contribution in [0.2, 0.25) is 0 Å². The Morgan fingerprint density at radius 2 is 1.89 bits per heavy atom.